The van der Waals surface area contributed by atoms with Crippen LogP contribution in [-0.4, -0.2) is 21.3 Å². The maximum Gasteiger partial charge on any atom is 0.0334 e. The molecule has 0 aromatic rings. The van der Waals surface area contributed by atoms with Gasteiger partial charge in [0.2, 0.25) is 0 Å². The predicted octanol–water partition coefficient (Wildman–Crippen LogP) is 1.91. The summed E-state index contributed by atoms with van der Waals surface area (Å²) >= 11 is 0. The van der Waals surface area contributed by atoms with Crippen LogP contribution in [0.4, 0.5) is 0 Å². The minimum atomic E-state index is -0.695. The molecule has 2 N–H and O–H groups in total. The Labute approximate surface area is 84.7 Å². The Morgan fingerprint density at radius 1 is 1.31 bits per heavy atom. The normalized spacial score (nSPS) is 20.7. The van der Waals surface area contributed by atoms with Crippen molar-refractivity contribution in [2.45, 2.75) is 51.8 Å². The first-order valence-electron chi connectivity index (χ1n) is 5.10. The molecule has 0 saturated carbocycles. The molecule has 0 heterocycles. The van der Waals surface area contributed by atoms with E-state index in [1.54, 1.807) is 0 Å². The second-order valence-corrected chi connectivity index (χ2v) is 5.98. The monoisotopic (exact) mass is 205 g/mol. The SMILES string of the molecule is CCC(C)CS(=O)C(C)CC(C)N. The van der Waals surface area contributed by atoms with Crippen LogP contribution in [0.5, 0.6) is 0 Å². The lowest BCUT2D eigenvalue weighted by molar-refractivity contribution is 0.595. The van der Waals surface area contributed by atoms with Crippen LogP contribution in [0.25, 0.3) is 0 Å². The fourth-order valence-corrected chi connectivity index (χ4v) is 2.84. The van der Waals surface area contributed by atoms with Crippen molar-refractivity contribution in [3.63, 3.8) is 0 Å². The molecule has 0 spiro atoms. The molecule has 0 aliphatic heterocycles. The van der Waals surface area contributed by atoms with Crippen LogP contribution >= 0.6 is 0 Å². The molecular formula is C10H23NOS. The maximum atomic E-state index is 11.7. The summed E-state index contributed by atoms with van der Waals surface area (Å²) in [6.45, 7) is 8.29. The Bertz CT molecular complexity index is 159. The molecule has 0 rings (SSSR count). The first-order chi connectivity index (χ1) is 5.97. The van der Waals surface area contributed by atoms with Crippen LogP contribution in [0.15, 0.2) is 0 Å². The number of rotatable bonds is 6. The van der Waals surface area contributed by atoms with Gasteiger partial charge in [0.25, 0.3) is 0 Å². The highest BCUT2D eigenvalue weighted by Gasteiger charge is 2.14. The molecule has 0 aromatic carbocycles. The van der Waals surface area contributed by atoms with Crippen LogP contribution in [0.2, 0.25) is 0 Å². The molecular weight excluding hydrogens is 182 g/mol. The Hall–Kier alpha value is 0.110. The summed E-state index contributed by atoms with van der Waals surface area (Å²) < 4.78 is 11.7. The van der Waals surface area contributed by atoms with Gasteiger partial charge in [0, 0.05) is 27.8 Å². The molecule has 0 fully saturated rings. The molecule has 0 radical (unpaired) electrons. The van der Waals surface area contributed by atoms with Crippen molar-refractivity contribution in [2.75, 3.05) is 5.75 Å². The molecule has 0 aliphatic carbocycles. The molecule has 0 aromatic heterocycles. The van der Waals surface area contributed by atoms with Crippen molar-refractivity contribution in [1.29, 1.82) is 0 Å². The summed E-state index contributed by atoms with van der Waals surface area (Å²) in [6.07, 6.45) is 1.97. The standard InChI is InChI=1S/C10H23NOS/c1-5-8(2)7-13(12)10(4)6-9(3)11/h8-10H,5-7,11H2,1-4H3. The van der Waals surface area contributed by atoms with E-state index >= 15 is 0 Å². The van der Waals surface area contributed by atoms with Gasteiger partial charge in [-0.1, -0.05) is 27.2 Å². The van der Waals surface area contributed by atoms with Gasteiger partial charge < -0.3 is 5.73 Å². The van der Waals surface area contributed by atoms with Gasteiger partial charge in [0.1, 0.15) is 0 Å². The molecule has 4 atom stereocenters. The molecule has 2 nitrogen and oxygen atoms in total. The molecule has 0 amide bonds. The second kappa shape index (κ2) is 6.55. The number of hydrogen-bond acceptors (Lipinski definition) is 2. The Kier molecular flexibility index (Phi) is 6.60. The lowest BCUT2D eigenvalue weighted by Gasteiger charge is -2.15. The summed E-state index contributed by atoms with van der Waals surface area (Å²) in [5.41, 5.74) is 5.66. The number of hydrogen-bond donors (Lipinski definition) is 1. The van der Waals surface area contributed by atoms with Crippen molar-refractivity contribution in [1.82, 2.24) is 0 Å². The van der Waals surface area contributed by atoms with Crippen molar-refractivity contribution in [2.24, 2.45) is 11.7 Å². The third-order valence-corrected chi connectivity index (χ3v) is 4.29. The molecule has 80 valence electrons. The van der Waals surface area contributed by atoms with E-state index in [1.165, 1.54) is 0 Å². The maximum absolute atomic E-state index is 11.7. The van der Waals surface area contributed by atoms with E-state index in [0.717, 1.165) is 18.6 Å². The van der Waals surface area contributed by atoms with Gasteiger partial charge in [0.15, 0.2) is 0 Å². The van der Waals surface area contributed by atoms with E-state index in [0.29, 0.717) is 5.92 Å². The van der Waals surface area contributed by atoms with E-state index in [4.69, 9.17) is 5.73 Å². The molecule has 3 heteroatoms. The summed E-state index contributed by atoms with van der Waals surface area (Å²) in [7, 11) is -0.695. The molecule has 4 unspecified atom stereocenters. The third kappa shape index (κ3) is 6.22. The fraction of sp³-hybridized carbons (Fsp3) is 1.00. The fourth-order valence-electron chi connectivity index (χ4n) is 1.19. The zero-order chi connectivity index (χ0) is 10.4. The van der Waals surface area contributed by atoms with E-state index in [9.17, 15) is 4.21 Å². The first-order valence-corrected chi connectivity index (χ1v) is 6.48. The van der Waals surface area contributed by atoms with Crippen molar-refractivity contribution in [3.05, 3.63) is 0 Å². The van der Waals surface area contributed by atoms with Crippen LogP contribution < -0.4 is 5.73 Å². The summed E-state index contributed by atoms with van der Waals surface area (Å²) in [5.74, 6) is 1.39. The second-order valence-electron chi connectivity index (χ2n) is 4.08. The summed E-state index contributed by atoms with van der Waals surface area (Å²) in [6, 6.07) is 0.163. The van der Waals surface area contributed by atoms with Crippen LogP contribution in [0, 0.1) is 5.92 Å². The lowest BCUT2D eigenvalue weighted by Crippen LogP contribution is -2.26. The highest BCUT2D eigenvalue weighted by Crippen LogP contribution is 2.10. The quantitative estimate of drug-likeness (QED) is 0.720. The zero-order valence-electron chi connectivity index (χ0n) is 9.25. The Morgan fingerprint density at radius 3 is 2.23 bits per heavy atom. The summed E-state index contributed by atoms with van der Waals surface area (Å²) in [4.78, 5) is 0. The molecule has 0 bridgehead atoms. The summed E-state index contributed by atoms with van der Waals surface area (Å²) in [5, 5.41) is 0.244. The van der Waals surface area contributed by atoms with Gasteiger partial charge in [-0.15, -0.1) is 0 Å². The predicted molar refractivity (Wildman–Crippen MR) is 60.2 cm³/mol. The largest absolute Gasteiger partial charge is 0.328 e. The highest BCUT2D eigenvalue weighted by atomic mass is 32.2. The van der Waals surface area contributed by atoms with Crippen LogP contribution in [0.3, 0.4) is 0 Å². The molecule has 0 saturated heterocycles. The molecule has 13 heavy (non-hydrogen) atoms. The lowest BCUT2D eigenvalue weighted by atomic mass is 10.2. The minimum Gasteiger partial charge on any atom is -0.328 e. The van der Waals surface area contributed by atoms with Gasteiger partial charge in [-0.2, -0.15) is 0 Å². The van der Waals surface area contributed by atoms with E-state index in [1.807, 2.05) is 13.8 Å². The molecule has 0 aliphatic rings. The van der Waals surface area contributed by atoms with Crippen molar-refractivity contribution >= 4 is 10.8 Å². The van der Waals surface area contributed by atoms with E-state index < -0.39 is 10.8 Å². The van der Waals surface area contributed by atoms with Crippen LogP contribution in [0.1, 0.15) is 40.5 Å². The van der Waals surface area contributed by atoms with Gasteiger partial charge in [-0.3, -0.25) is 4.21 Å². The van der Waals surface area contributed by atoms with Gasteiger partial charge in [-0.25, -0.2) is 0 Å². The minimum absolute atomic E-state index is 0.163. The Morgan fingerprint density at radius 2 is 1.85 bits per heavy atom. The first kappa shape index (κ1) is 13.1. The van der Waals surface area contributed by atoms with E-state index in [2.05, 4.69) is 13.8 Å². The van der Waals surface area contributed by atoms with Gasteiger partial charge >= 0.3 is 0 Å². The topological polar surface area (TPSA) is 43.1 Å². The van der Waals surface area contributed by atoms with Gasteiger partial charge in [0.05, 0.1) is 0 Å². The zero-order valence-corrected chi connectivity index (χ0v) is 10.1. The average molecular weight is 205 g/mol. The highest BCUT2D eigenvalue weighted by molar-refractivity contribution is 7.85. The average Bonchev–Trinajstić information content (AvgIpc) is 2.02. The van der Waals surface area contributed by atoms with Crippen LogP contribution in [-0.2, 0) is 10.8 Å². The number of nitrogens with two attached hydrogens (primary N) is 1. The van der Waals surface area contributed by atoms with Crippen molar-refractivity contribution in [3.8, 4) is 0 Å². The Balaban J connectivity index is 3.82. The smallest absolute Gasteiger partial charge is 0.0334 e. The van der Waals surface area contributed by atoms with Gasteiger partial charge in [-0.05, 0) is 19.3 Å². The van der Waals surface area contributed by atoms with Crippen molar-refractivity contribution < 1.29 is 4.21 Å². The van der Waals surface area contributed by atoms with E-state index in [-0.39, 0.29) is 11.3 Å². The third-order valence-electron chi connectivity index (χ3n) is 2.30.